The topological polar surface area (TPSA) is 49.9 Å². The molecule has 0 saturated heterocycles. The summed E-state index contributed by atoms with van der Waals surface area (Å²) >= 11 is 4.87. The smallest absolute Gasteiger partial charge is 0.263 e. The van der Waals surface area contributed by atoms with E-state index in [9.17, 15) is 0 Å². The second-order valence-electron chi connectivity index (χ2n) is 3.22. The lowest BCUT2D eigenvalue weighted by Crippen LogP contribution is -2.11. The summed E-state index contributed by atoms with van der Waals surface area (Å²) in [5.74, 6) is 0.599. The molecule has 2 rings (SSSR count). The van der Waals surface area contributed by atoms with Gasteiger partial charge in [0.1, 0.15) is 0 Å². The molecule has 78 valence electrons. The van der Waals surface area contributed by atoms with Gasteiger partial charge in [-0.25, -0.2) is 4.98 Å². The van der Waals surface area contributed by atoms with Crippen molar-refractivity contribution in [3.63, 3.8) is 0 Å². The van der Waals surface area contributed by atoms with Crippen LogP contribution in [0.15, 0.2) is 18.2 Å². The molecule has 0 unspecified atom stereocenters. The summed E-state index contributed by atoms with van der Waals surface area (Å²) in [5, 5.41) is 3.14. The lowest BCUT2D eigenvalue weighted by molar-refractivity contribution is 0.413. The molecule has 5 heteroatoms. The third-order valence-electron chi connectivity index (χ3n) is 2.04. The van der Waals surface area contributed by atoms with Gasteiger partial charge in [0.05, 0.1) is 18.1 Å². The SMILES string of the molecule is COC(=S)Nc1nc2ccc(C)cc2[nH]1. The quantitative estimate of drug-likeness (QED) is 0.725. The number of fused-ring (bicyclic) bond motifs is 1. The number of anilines is 1. The lowest BCUT2D eigenvalue weighted by atomic mass is 10.2. The fourth-order valence-corrected chi connectivity index (χ4v) is 1.43. The van der Waals surface area contributed by atoms with Crippen molar-refractivity contribution in [1.29, 1.82) is 0 Å². The first-order chi connectivity index (χ1) is 7.19. The molecule has 1 aromatic heterocycles. The number of aromatic amines is 1. The van der Waals surface area contributed by atoms with Crippen LogP contribution in [0.3, 0.4) is 0 Å². The highest BCUT2D eigenvalue weighted by Gasteiger charge is 2.03. The zero-order chi connectivity index (χ0) is 10.8. The van der Waals surface area contributed by atoms with Gasteiger partial charge in [-0.2, -0.15) is 0 Å². The summed E-state index contributed by atoms with van der Waals surface area (Å²) in [6.07, 6.45) is 0. The van der Waals surface area contributed by atoms with Crippen LogP contribution in [0.1, 0.15) is 5.56 Å². The molecule has 15 heavy (non-hydrogen) atoms. The Labute approximate surface area is 92.7 Å². The van der Waals surface area contributed by atoms with E-state index in [4.69, 9.17) is 17.0 Å². The van der Waals surface area contributed by atoms with Gasteiger partial charge >= 0.3 is 0 Å². The number of rotatable bonds is 1. The monoisotopic (exact) mass is 221 g/mol. The first-order valence-corrected chi connectivity index (χ1v) is 4.91. The highest BCUT2D eigenvalue weighted by atomic mass is 32.1. The van der Waals surface area contributed by atoms with Crippen molar-refractivity contribution in [3.8, 4) is 0 Å². The van der Waals surface area contributed by atoms with Crippen LogP contribution in [-0.2, 0) is 4.74 Å². The zero-order valence-corrected chi connectivity index (χ0v) is 9.31. The summed E-state index contributed by atoms with van der Waals surface area (Å²) < 4.78 is 4.83. The molecule has 0 fully saturated rings. The second-order valence-corrected chi connectivity index (χ2v) is 3.59. The van der Waals surface area contributed by atoms with E-state index in [0.717, 1.165) is 11.0 Å². The summed E-state index contributed by atoms with van der Waals surface area (Å²) in [4.78, 5) is 7.42. The molecule has 0 aliphatic heterocycles. The molecular formula is C10H11N3OS. The number of hydrogen-bond donors (Lipinski definition) is 2. The van der Waals surface area contributed by atoms with E-state index in [-0.39, 0.29) is 0 Å². The van der Waals surface area contributed by atoms with Crippen LogP contribution >= 0.6 is 12.2 Å². The minimum atomic E-state index is 0.297. The van der Waals surface area contributed by atoms with Gasteiger partial charge in [-0.3, -0.25) is 5.32 Å². The maximum atomic E-state index is 4.87. The summed E-state index contributed by atoms with van der Waals surface area (Å²) in [7, 11) is 1.52. The van der Waals surface area contributed by atoms with Crippen LogP contribution in [-0.4, -0.2) is 22.3 Å². The average molecular weight is 221 g/mol. The number of nitrogens with zero attached hydrogens (tertiary/aromatic N) is 1. The van der Waals surface area contributed by atoms with Crippen LogP contribution in [0.25, 0.3) is 11.0 Å². The molecule has 0 bridgehead atoms. The molecular weight excluding hydrogens is 210 g/mol. The molecule has 2 aromatic rings. The first kappa shape index (κ1) is 9.92. The minimum Gasteiger partial charge on any atom is -0.474 e. The molecule has 2 N–H and O–H groups in total. The van der Waals surface area contributed by atoms with Gasteiger partial charge in [-0.1, -0.05) is 6.07 Å². The number of nitrogens with one attached hydrogen (secondary N) is 2. The van der Waals surface area contributed by atoms with E-state index in [1.165, 1.54) is 12.7 Å². The van der Waals surface area contributed by atoms with Crippen molar-refractivity contribution < 1.29 is 4.74 Å². The number of ether oxygens (including phenoxy) is 1. The van der Waals surface area contributed by atoms with Crippen molar-refractivity contribution in [1.82, 2.24) is 9.97 Å². The number of imidazole rings is 1. The summed E-state index contributed by atoms with van der Waals surface area (Å²) in [6, 6.07) is 6.01. The number of aromatic nitrogens is 2. The molecule has 0 radical (unpaired) electrons. The Morgan fingerprint density at radius 2 is 2.33 bits per heavy atom. The van der Waals surface area contributed by atoms with E-state index in [1.54, 1.807) is 0 Å². The van der Waals surface area contributed by atoms with Crippen molar-refractivity contribution >= 4 is 34.4 Å². The van der Waals surface area contributed by atoms with Gasteiger partial charge in [0, 0.05) is 0 Å². The zero-order valence-electron chi connectivity index (χ0n) is 8.50. The molecule has 1 aromatic carbocycles. The Morgan fingerprint density at radius 3 is 3.07 bits per heavy atom. The fourth-order valence-electron chi connectivity index (χ4n) is 1.33. The van der Waals surface area contributed by atoms with Crippen LogP contribution < -0.4 is 5.32 Å². The van der Waals surface area contributed by atoms with Crippen LogP contribution in [0, 0.1) is 6.92 Å². The number of thiocarbonyl (C=S) groups is 1. The third kappa shape index (κ3) is 2.07. The van der Waals surface area contributed by atoms with Gasteiger partial charge in [0.25, 0.3) is 5.17 Å². The van der Waals surface area contributed by atoms with Gasteiger partial charge < -0.3 is 9.72 Å². The van der Waals surface area contributed by atoms with E-state index >= 15 is 0 Å². The Morgan fingerprint density at radius 1 is 1.53 bits per heavy atom. The van der Waals surface area contributed by atoms with Gasteiger partial charge in [0.15, 0.2) is 0 Å². The predicted octanol–water partition coefficient (Wildman–Crippen LogP) is 2.21. The van der Waals surface area contributed by atoms with E-state index in [1.807, 2.05) is 25.1 Å². The Bertz CT molecular complexity index is 506. The van der Waals surface area contributed by atoms with Gasteiger partial charge in [-0.05, 0) is 36.8 Å². The molecule has 0 aliphatic rings. The lowest BCUT2D eigenvalue weighted by Gasteiger charge is -2.00. The highest BCUT2D eigenvalue weighted by Crippen LogP contribution is 2.15. The van der Waals surface area contributed by atoms with Gasteiger partial charge in [0.2, 0.25) is 5.95 Å². The number of hydrogen-bond acceptors (Lipinski definition) is 3. The fraction of sp³-hybridized carbons (Fsp3) is 0.200. The van der Waals surface area contributed by atoms with Crippen molar-refractivity contribution in [2.24, 2.45) is 0 Å². The number of H-pyrrole nitrogens is 1. The van der Waals surface area contributed by atoms with E-state index in [2.05, 4.69) is 15.3 Å². The van der Waals surface area contributed by atoms with Crippen molar-refractivity contribution in [3.05, 3.63) is 23.8 Å². The molecule has 0 amide bonds. The summed E-state index contributed by atoms with van der Waals surface area (Å²) in [6.45, 7) is 2.03. The second kappa shape index (κ2) is 3.86. The average Bonchev–Trinajstić information content (AvgIpc) is 2.59. The molecule has 0 spiro atoms. The summed E-state index contributed by atoms with van der Waals surface area (Å²) in [5.41, 5.74) is 3.07. The number of methoxy groups -OCH3 is 1. The number of aryl methyl sites for hydroxylation is 1. The molecule has 4 nitrogen and oxygen atoms in total. The van der Waals surface area contributed by atoms with Crippen LogP contribution in [0.2, 0.25) is 0 Å². The maximum Gasteiger partial charge on any atom is 0.263 e. The van der Waals surface area contributed by atoms with Crippen LogP contribution in [0.4, 0.5) is 5.95 Å². The minimum absolute atomic E-state index is 0.297. The van der Waals surface area contributed by atoms with Crippen molar-refractivity contribution in [2.75, 3.05) is 12.4 Å². The predicted molar refractivity (Wildman–Crippen MR) is 64.1 cm³/mol. The maximum absolute atomic E-state index is 4.87. The highest BCUT2D eigenvalue weighted by molar-refractivity contribution is 7.80. The van der Waals surface area contributed by atoms with E-state index < -0.39 is 0 Å². The van der Waals surface area contributed by atoms with Crippen LogP contribution in [0.5, 0.6) is 0 Å². The Balaban J connectivity index is 2.34. The Hall–Kier alpha value is -1.62. The molecule has 0 aliphatic carbocycles. The molecule has 0 saturated carbocycles. The largest absolute Gasteiger partial charge is 0.474 e. The number of benzene rings is 1. The standard InChI is InChI=1S/C10H11N3OS/c1-6-3-4-7-8(5-6)12-9(11-7)13-10(15)14-2/h3-5H,1-2H3,(H2,11,12,13,15). The first-order valence-electron chi connectivity index (χ1n) is 4.50. The Kier molecular flexibility index (Phi) is 2.55. The van der Waals surface area contributed by atoms with Gasteiger partial charge in [-0.15, -0.1) is 0 Å². The molecule has 0 atom stereocenters. The normalized spacial score (nSPS) is 10.3. The molecule has 1 heterocycles. The van der Waals surface area contributed by atoms with Crippen molar-refractivity contribution in [2.45, 2.75) is 6.92 Å². The van der Waals surface area contributed by atoms with E-state index in [0.29, 0.717) is 11.1 Å². The third-order valence-corrected chi connectivity index (χ3v) is 2.31.